The van der Waals surface area contributed by atoms with E-state index in [2.05, 4.69) is 20.5 Å². The van der Waals surface area contributed by atoms with Gasteiger partial charge in [-0.25, -0.2) is 4.39 Å². The molecule has 0 spiro atoms. The molecule has 2 rings (SSSR count). The minimum atomic E-state index is -0.211. The van der Waals surface area contributed by atoms with E-state index >= 15 is 0 Å². The van der Waals surface area contributed by atoms with Gasteiger partial charge in [0, 0.05) is 46.4 Å². The summed E-state index contributed by atoms with van der Waals surface area (Å²) in [5, 5.41) is 6.76. The number of guanidine groups is 1. The number of rotatable bonds is 10. The standard InChI is InChI=1S/C20H33FN4O2/c1-3-26-13-5-4-10-23-20(22-2)24-16-19(25-11-14-27-15-12-25)17-6-8-18(21)9-7-17/h6-9,19H,3-5,10-16H2,1-2H3,(H2,22,23,24). The SMILES string of the molecule is CCOCCCCNC(=NC)NCC(c1ccc(F)cc1)N1CCOCC1. The maximum absolute atomic E-state index is 13.3. The van der Waals surface area contributed by atoms with Crippen LogP contribution in [0.3, 0.4) is 0 Å². The first-order valence-corrected chi connectivity index (χ1v) is 9.84. The van der Waals surface area contributed by atoms with Gasteiger partial charge < -0.3 is 20.1 Å². The summed E-state index contributed by atoms with van der Waals surface area (Å²) in [6.07, 6.45) is 2.06. The van der Waals surface area contributed by atoms with Crippen LogP contribution in [-0.2, 0) is 9.47 Å². The highest BCUT2D eigenvalue weighted by Crippen LogP contribution is 2.21. The summed E-state index contributed by atoms with van der Waals surface area (Å²) in [5.74, 6) is 0.573. The Morgan fingerprint density at radius 3 is 2.63 bits per heavy atom. The monoisotopic (exact) mass is 380 g/mol. The number of ether oxygens (including phenoxy) is 2. The predicted octanol–water partition coefficient (Wildman–Crippen LogP) is 2.18. The van der Waals surface area contributed by atoms with Crippen molar-refractivity contribution in [2.45, 2.75) is 25.8 Å². The maximum Gasteiger partial charge on any atom is 0.191 e. The molecule has 27 heavy (non-hydrogen) atoms. The zero-order valence-corrected chi connectivity index (χ0v) is 16.5. The lowest BCUT2D eigenvalue weighted by molar-refractivity contribution is 0.0170. The van der Waals surface area contributed by atoms with Gasteiger partial charge in [-0.3, -0.25) is 9.89 Å². The summed E-state index contributed by atoms with van der Waals surface area (Å²) in [6, 6.07) is 6.91. The van der Waals surface area contributed by atoms with Gasteiger partial charge in [0.2, 0.25) is 0 Å². The third-order valence-electron chi connectivity index (χ3n) is 4.64. The van der Waals surface area contributed by atoms with Crippen molar-refractivity contribution in [2.75, 3.05) is 59.7 Å². The molecule has 2 N–H and O–H groups in total. The molecule has 1 heterocycles. The Balaban J connectivity index is 1.87. The van der Waals surface area contributed by atoms with Crippen molar-refractivity contribution in [3.8, 4) is 0 Å². The smallest absolute Gasteiger partial charge is 0.191 e. The summed E-state index contributed by atoms with van der Waals surface area (Å²) >= 11 is 0. The van der Waals surface area contributed by atoms with E-state index in [1.165, 1.54) is 12.1 Å². The van der Waals surface area contributed by atoms with Crippen molar-refractivity contribution in [1.82, 2.24) is 15.5 Å². The highest BCUT2D eigenvalue weighted by Gasteiger charge is 2.22. The number of morpholine rings is 1. The molecule has 1 aromatic rings. The summed E-state index contributed by atoms with van der Waals surface area (Å²) in [6.45, 7) is 8.32. The number of nitrogens with one attached hydrogen (secondary N) is 2. The number of unbranched alkanes of at least 4 members (excludes halogenated alkanes) is 1. The van der Waals surface area contributed by atoms with Crippen LogP contribution in [0.4, 0.5) is 4.39 Å². The van der Waals surface area contributed by atoms with Gasteiger partial charge in [0.25, 0.3) is 0 Å². The molecule has 7 heteroatoms. The average Bonchev–Trinajstić information content (AvgIpc) is 2.71. The third kappa shape index (κ3) is 7.82. The number of benzene rings is 1. The average molecular weight is 381 g/mol. The van der Waals surface area contributed by atoms with Crippen LogP contribution < -0.4 is 10.6 Å². The Hall–Kier alpha value is -1.70. The first kappa shape index (κ1) is 21.6. The first-order chi connectivity index (χ1) is 13.2. The van der Waals surface area contributed by atoms with Gasteiger partial charge in [0.15, 0.2) is 5.96 Å². The van der Waals surface area contributed by atoms with Crippen LogP contribution in [0.15, 0.2) is 29.3 Å². The number of nitrogens with zero attached hydrogens (tertiary/aromatic N) is 2. The molecule has 0 bridgehead atoms. The molecule has 0 saturated carbocycles. The van der Waals surface area contributed by atoms with E-state index in [4.69, 9.17) is 9.47 Å². The van der Waals surface area contributed by atoms with Crippen molar-refractivity contribution in [1.29, 1.82) is 0 Å². The number of halogens is 1. The maximum atomic E-state index is 13.3. The van der Waals surface area contributed by atoms with E-state index in [9.17, 15) is 4.39 Å². The Labute approximate surface area is 162 Å². The molecule has 1 aromatic carbocycles. The summed E-state index contributed by atoms with van der Waals surface area (Å²) in [4.78, 5) is 6.68. The molecule has 0 aliphatic carbocycles. The second-order valence-electron chi connectivity index (χ2n) is 6.50. The van der Waals surface area contributed by atoms with Gasteiger partial charge in [-0.15, -0.1) is 0 Å². The van der Waals surface area contributed by atoms with E-state index in [-0.39, 0.29) is 11.9 Å². The number of hydrogen-bond acceptors (Lipinski definition) is 4. The number of aliphatic imine (C=N–C) groups is 1. The normalized spacial score (nSPS) is 16.9. The zero-order chi connectivity index (χ0) is 19.3. The van der Waals surface area contributed by atoms with E-state index in [0.717, 1.165) is 70.4 Å². The fourth-order valence-electron chi connectivity index (χ4n) is 3.13. The van der Waals surface area contributed by atoms with Gasteiger partial charge in [0.05, 0.1) is 19.3 Å². The minimum absolute atomic E-state index is 0.144. The Morgan fingerprint density at radius 1 is 1.22 bits per heavy atom. The highest BCUT2D eigenvalue weighted by atomic mass is 19.1. The van der Waals surface area contributed by atoms with Crippen LogP contribution in [0, 0.1) is 5.82 Å². The van der Waals surface area contributed by atoms with Crippen molar-refractivity contribution in [2.24, 2.45) is 4.99 Å². The van der Waals surface area contributed by atoms with Gasteiger partial charge in [0.1, 0.15) is 5.82 Å². The van der Waals surface area contributed by atoms with Crippen molar-refractivity contribution in [3.05, 3.63) is 35.6 Å². The fourth-order valence-corrected chi connectivity index (χ4v) is 3.13. The van der Waals surface area contributed by atoms with Gasteiger partial charge >= 0.3 is 0 Å². The van der Waals surface area contributed by atoms with Crippen LogP contribution in [-0.4, -0.2) is 70.5 Å². The Bertz CT molecular complexity index is 547. The summed E-state index contributed by atoms with van der Waals surface area (Å²) in [7, 11) is 1.77. The molecule has 1 aliphatic rings. The molecule has 1 fully saturated rings. The van der Waals surface area contributed by atoms with Crippen LogP contribution in [0.25, 0.3) is 0 Å². The predicted molar refractivity (Wildman–Crippen MR) is 107 cm³/mol. The molecular weight excluding hydrogens is 347 g/mol. The van der Waals surface area contributed by atoms with Crippen LogP contribution in [0.2, 0.25) is 0 Å². The molecule has 0 aromatic heterocycles. The lowest BCUT2D eigenvalue weighted by atomic mass is 10.0. The second kappa shape index (κ2) is 12.6. The zero-order valence-electron chi connectivity index (χ0n) is 16.5. The molecule has 152 valence electrons. The topological polar surface area (TPSA) is 58.1 Å². The fraction of sp³-hybridized carbons (Fsp3) is 0.650. The minimum Gasteiger partial charge on any atom is -0.382 e. The van der Waals surface area contributed by atoms with Gasteiger partial charge in [-0.1, -0.05) is 12.1 Å². The quantitative estimate of drug-likeness (QED) is 0.370. The lowest BCUT2D eigenvalue weighted by Gasteiger charge is -2.35. The molecule has 1 atom stereocenters. The van der Waals surface area contributed by atoms with E-state index < -0.39 is 0 Å². The molecule has 1 aliphatic heterocycles. The molecule has 1 saturated heterocycles. The van der Waals surface area contributed by atoms with E-state index in [1.807, 2.05) is 19.1 Å². The lowest BCUT2D eigenvalue weighted by Crippen LogP contribution is -2.46. The second-order valence-corrected chi connectivity index (χ2v) is 6.50. The Morgan fingerprint density at radius 2 is 1.96 bits per heavy atom. The molecule has 6 nitrogen and oxygen atoms in total. The van der Waals surface area contributed by atoms with Crippen LogP contribution in [0.5, 0.6) is 0 Å². The summed E-state index contributed by atoms with van der Waals surface area (Å²) in [5.41, 5.74) is 1.10. The Kier molecular flexibility index (Phi) is 10.1. The van der Waals surface area contributed by atoms with Gasteiger partial charge in [-0.2, -0.15) is 0 Å². The third-order valence-corrected chi connectivity index (χ3v) is 4.64. The van der Waals surface area contributed by atoms with Crippen molar-refractivity contribution in [3.63, 3.8) is 0 Å². The van der Waals surface area contributed by atoms with Gasteiger partial charge in [-0.05, 0) is 37.5 Å². The largest absolute Gasteiger partial charge is 0.382 e. The first-order valence-electron chi connectivity index (χ1n) is 9.84. The van der Waals surface area contributed by atoms with E-state index in [0.29, 0.717) is 6.54 Å². The van der Waals surface area contributed by atoms with Crippen LogP contribution >= 0.6 is 0 Å². The highest BCUT2D eigenvalue weighted by molar-refractivity contribution is 5.79. The van der Waals surface area contributed by atoms with Crippen molar-refractivity contribution >= 4 is 5.96 Å². The van der Waals surface area contributed by atoms with Crippen molar-refractivity contribution < 1.29 is 13.9 Å². The molecular formula is C20H33FN4O2. The molecule has 1 unspecified atom stereocenters. The van der Waals surface area contributed by atoms with Crippen LogP contribution in [0.1, 0.15) is 31.4 Å². The molecule has 0 amide bonds. The van der Waals surface area contributed by atoms with E-state index in [1.54, 1.807) is 7.05 Å². The number of hydrogen-bond donors (Lipinski definition) is 2. The summed E-state index contributed by atoms with van der Waals surface area (Å²) < 4.78 is 24.2. The molecule has 0 radical (unpaired) electrons.